The quantitative estimate of drug-likeness (QED) is 0.163. The molecule has 0 fully saturated rings. The molecule has 0 saturated heterocycles. The van der Waals surface area contributed by atoms with Crippen LogP contribution in [0.1, 0.15) is 56.7 Å². The molecule has 4 rings (SSSR count). The maximum atomic E-state index is 12.6. The van der Waals surface area contributed by atoms with Crippen LogP contribution in [0, 0.1) is 12.3 Å². The molecule has 0 heterocycles. The second-order valence-electron chi connectivity index (χ2n) is 11.5. The number of fused-ring (bicyclic) bond motifs is 1. The topological polar surface area (TPSA) is 78.9 Å². The van der Waals surface area contributed by atoms with Crippen LogP contribution in [0.15, 0.2) is 79.4 Å². The van der Waals surface area contributed by atoms with Crippen LogP contribution in [0.25, 0.3) is 22.3 Å². The summed E-state index contributed by atoms with van der Waals surface area (Å²) in [6.45, 7) is 16.4. The fraction of sp³-hybridized carbons (Fsp3) is 0.286. The van der Waals surface area contributed by atoms with E-state index in [9.17, 15) is 14.4 Å². The number of benzene rings is 3. The molecular formula is C35H36O6. The van der Waals surface area contributed by atoms with Gasteiger partial charge in [0.2, 0.25) is 0 Å². The van der Waals surface area contributed by atoms with E-state index in [1.54, 1.807) is 39.8 Å². The Labute approximate surface area is 241 Å². The highest BCUT2D eigenvalue weighted by Gasteiger charge is 2.25. The van der Waals surface area contributed by atoms with Crippen molar-refractivity contribution in [2.24, 2.45) is 5.41 Å². The van der Waals surface area contributed by atoms with Gasteiger partial charge >= 0.3 is 17.9 Å². The predicted molar refractivity (Wildman–Crippen MR) is 160 cm³/mol. The molecular weight excluding hydrogens is 516 g/mol. The van der Waals surface area contributed by atoms with Crippen molar-refractivity contribution in [2.75, 3.05) is 6.61 Å². The summed E-state index contributed by atoms with van der Waals surface area (Å²) in [5.74, 6) is -0.596. The van der Waals surface area contributed by atoms with E-state index in [4.69, 9.17) is 14.2 Å². The molecule has 0 aromatic heterocycles. The molecule has 0 N–H and O–H groups in total. The second-order valence-corrected chi connectivity index (χ2v) is 11.5. The summed E-state index contributed by atoms with van der Waals surface area (Å²) in [4.78, 5) is 36.3. The Bertz CT molecular complexity index is 1540. The number of aryl methyl sites for hydroxylation is 2. The molecule has 0 amide bonds. The molecule has 0 aliphatic heterocycles. The molecule has 1 aliphatic carbocycles. The van der Waals surface area contributed by atoms with Crippen molar-refractivity contribution >= 4 is 17.9 Å². The average molecular weight is 553 g/mol. The zero-order valence-electron chi connectivity index (χ0n) is 24.3. The van der Waals surface area contributed by atoms with Crippen LogP contribution in [0.2, 0.25) is 0 Å². The lowest BCUT2D eigenvalue weighted by Gasteiger charge is -2.18. The predicted octanol–water partition coefficient (Wildman–Crippen LogP) is 7.52. The first kappa shape index (κ1) is 29.5. The normalized spacial score (nSPS) is 14.1. The van der Waals surface area contributed by atoms with Gasteiger partial charge in [0.1, 0.15) is 11.5 Å². The maximum absolute atomic E-state index is 12.6. The van der Waals surface area contributed by atoms with Crippen molar-refractivity contribution in [3.8, 4) is 33.8 Å². The minimum absolute atomic E-state index is 0.194. The molecule has 0 bridgehead atoms. The standard InChI is InChI=1S/C35H36O6/c1-8-32(36)39-20-26-10-9-25-16-24(12-14-31(25)26)30-13-11-23(15-22(30)4)27-17-28(40-33(37)21(2)3)19-29(18-27)41-34(38)35(5,6)7/h8,11-19,26H,1-2,9-10,20H2,3-7H3. The van der Waals surface area contributed by atoms with E-state index in [1.807, 2.05) is 6.07 Å². The van der Waals surface area contributed by atoms with Crippen LogP contribution >= 0.6 is 0 Å². The highest BCUT2D eigenvalue weighted by atomic mass is 16.5. The molecule has 0 saturated carbocycles. The molecule has 212 valence electrons. The summed E-state index contributed by atoms with van der Waals surface area (Å²) in [5, 5.41) is 0. The summed E-state index contributed by atoms with van der Waals surface area (Å²) < 4.78 is 16.4. The molecule has 3 aromatic carbocycles. The number of rotatable bonds is 8. The Morgan fingerprint density at radius 2 is 1.61 bits per heavy atom. The van der Waals surface area contributed by atoms with Gasteiger partial charge in [-0.05, 0) is 98.5 Å². The third-order valence-corrected chi connectivity index (χ3v) is 7.07. The third kappa shape index (κ3) is 7.01. The van der Waals surface area contributed by atoms with Crippen LogP contribution in [-0.2, 0) is 25.5 Å². The fourth-order valence-corrected chi connectivity index (χ4v) is 4.77. The Balaban J connectivity index is 1.63. The lowest BCUT2D eigenvalue weighted by atomic mass is 9.93. The molecule has 1 unspecified atom stereocenters. The number of carbonyl (C=O) groups is 3. The van der Waals surface area contributed by atoms with E-state index in [1.165, 1.54) is 23.3 Å². The Morgan fingerprint density at radius 1 is 0.927 bits per heavy atom. The summed E-state index contributed by atoms with van der Waals surface area (Å²) >= 11 is 0. The summed E-state index contributed by atoms with van der Waals surface area (Å²) in [7, 11) is 0. The largest absolute Gasteiger partial charge is 0.462 e. The van der Waals surface area contributed by atoms with Crippen LogP contribution in [0.4, 0.5) is 0 Å². The molecule has 6 nitrogen and oxygen atoms in total. The van der Waals surface area contributed by atoms with E-state index in [0.717, 1.165) is 40.7 Å². The Hall–Kier alpha value is -4.45. The van der Waals surface area contributed by atoms with Crippen molar-refractivity contribution in [3.63, 3.8) is 0 Å². The minimum Gasteiger partial charge on any atom is -0.462 e. The van der Waals surface area contributed by atoms with Gasteiger partial charge in [0.05, 0.1) is 12.0 Å². The SMILES string of the molecule is C=CC(=O)OCC1CCc2cc(-c3ccc(-c4cc(OC(=O)C(=C)C)cc(OC(=O)C(C)(C)C)c4)cc3C)ccc21. The minimum atomic E-state index is -0.700. The molecule has 6 heteroatoms. The van der Waals surface area contributed by atoms with Crippen LogP contribution in [0.3, 0.4) is 0 Å². The zero-order chi connectivity index (χ0) is 29.9. The molecule has 0 radical (unpaired) electrons. The van der Waals surface area contributed by atoms with Crippen molar-refractivity contribution in [1.29, 1.82) is 0 Å². The van der Waals surface area contributed by atoms with E-state index in [-0.39, 0.29) is 17.2 Å². The molecule has 1 atom stereocenters. The number of hydrogen-bond acceptors (Lipinski definition) is 6. The van der Waals surface area contributed by atoms with Gasteiger partial charge in [-0.25, -0.2) is 9.59 Å². The number of hydrogen-bond donors (Lipinski definition) is 0. The van der Waals surface area contributed by atoms with Gasteiger partial charge in [0.25, 0.3) is 0 Å². The fourth-order valence-electron chi connectivity index (χ4n) is 4.77. The van der Waals surface area contributed by atoms with Crippen LogP contribution < -0.4 is 9.47 Å². The van der Waals surface area contributed by atoms with Crippen molar-refractivity contribution < 1.29 is 28.6 Å². The smallest absolute Gasteiger partial charge is 0.338 e. The van der Waals surface area contributed by atoms with E-state index in [0.29, 0.717) is 12.4 Å². The zero-order valence-corrected chi connectivity index (χ0v) is 24.3. The number of carbonyl (C=O) groups excluding carboxylic acids is 3. The summed E-state index contributed by atoms with van der Waals surface area (Å²) in [5.41, 5.74) is 6.96. The number of esters is 3. The monoisotopic (exact) mass is 552 g/mol. The van der Waals surface area contributed by atoms with Crippen molar-refractivity contribution in [2.45, 2.75) is 53.4 Å². The second kappa shape index (κ2) is 12.0. The first-order chi connectivity index (χ1) is 19.3. The molecule has 1 aliphatic rings. The third-order valence-electron chi connectivity index (χ3n) is 7.07. The first-order valence-electron chi connectivity index (χ1n) is 13.6. The van der Waals surface area contributed by atoms with E-state index < -0.39 is 23.3 Å². The van der Waals surface area contributed by atoms with Crippen molar-refractivity contribution in [1.82, 2.24) is 0 Å². The highest BCUT2D eigenvalue weighted by Crippen LogP contribution is 2.38. The first-order valence-corrected chi connectivity index (χ1v) is 13.6. The summed E-state index contributed by atoms with van der Waals surface area (Å²) in [6, 6.07) is 17.6. The van der Waals surface area contributed by atoms with Crippen molar-refractivity contribution in [3.05, 3.63) is 96.1 Å². The van der Waals surface area contributed by atoms with Gasteiger partial charge in [0, 0.05) is 23.6 Å². The molecule has 0 spiro atoms. The van der Waals surface area contributed by atoms with Gasteiger partial charge in [-0.15, -0.1) is 0 Å². The lowest BCUT2D eigenvalue weighted by molar-refractivity contribution is -0.143. The Kier molecular flexibility index (Phi) is 8.62. The van der Waals surface area contributed by atoms with Gasteiger partial charge in [-0.3, -0.25) is 4.79 Å². The number of ether oxygens (including phenoxy) is 3. The molecule has 41 heavy (non-hydrogen) atoms. The highest BCUT2D eigenvalue weighted by molar-refractivity contribution is 5.89. The van der Waals surface area contributed by atoms with Crippen LogP contribution in [-0.4, -0.2) is 24.5 Å². The van der Waals surface area contributed by atoms with Gasteiger partial charge < -0.3 is 14.2 Å². The molecule has 3 aromatic rings. The lowest BCUT2D eigenvalue weighted by Crippen LogP contribution is -2.25. The summed E-state index contributed by atoms with van der Waals surface area (Å²) in [6.07, 6.45) is 3.06. The Morgan fingerprint density at radius 3 is 2.24 bits per heavy atom. The van der Waals surface area contributed by atoms with Gasteiger partial charge in [-0.1, -0.05) is 49.6 Å². The van der Waals surface area contributed by atoms with Crippen LogP contribution in [0.5, 0.6) is 11.5 Å². The van der Waals surface area contributed by atoms with E-state index >= 15 is 0 Å². The average Bonchev–Trinajstić information content (AvgIpc) is 3.33. The maximum Gasteiger partial charge on any atom is 0.338 e. The van der Waals surface area contributed by atoms with E-state index in [2.05, 4.69) is 50.4 Å². The van der Waals surface area contributed by atoms with Gasteiger partial charge in [-0.2, -0.15) is 0 Å². The van der Waals surface area contributed by atoms with Gasteiger partial charge in [0.15, 0.2) is 0 Å².